The summed E-state index contributed by atoms with van der Waals surface area (Å²) >= 11 is 3.23. The molecular weight excluding hydrogens is 344 g/mol. The highest BCUT2D eigenvalue weighted by Gasteiger charge is 2.07. The van der Waals surface area contributed by atoms with E-state index in [4.69, 9.17) is 5.73 Å². The van der Waals surface area contributed by atoms with Crippen LogP contribution < -0.4 is 5.73 Å². The predicted octanol–water partition coefficient (Wildman–Crippen LogP) is 2.67. The van der Waals surface area contributed by atoms with Gasteiger partial charge in [-0.05, 0) is 34.7 Å². The zero-order valence-electron chi connectivity index (χ0n) is 8.63. The van der Waals surface area contributed by atoms with Crippen molar-refractivity contribution in [2.45, 2.75) is 11.3 Å². The van der Waals surface area contributed by atoms with Gasteiger partial charge in [-0.25, -0.2) is 4.39 Å². The molecule has 1 aromatic carbocycles. The Morgan fingerprint density at radius 2 is 2.31 bits per heavy atom. The summed E-state index contributed by atoms with van der Waals surface area (Å²) in [5.74, 6) is -0.0518. The molecule has 0 heterocycles. The molecule has 0 saturated carbocycles. The first-order valence-electron chi connectivity index (χ1n) is 4.48. The number of halogens is 2. The Labute approximate surface area is 111 Å². The Hall–Kier alpha value is -0.500. The minimum absolute atomic E-state index is 0.281. The van der Waals surface area contributed by atoms with Crippen molar-refractivity contribution in [3.63, 3.8) is 0 Å². The van der Waals surface area contributed by atoms with Crippen LogP contribution in [0.4, 0.5) is 10.1 Å². The number of benzene rings is 1. The zero-order chi connectivity index (χ0) is 12.1. The van der Waals surface area contributed by atoms with Gasteiger partial charge in [0.1, 0.15) is 5.82 Å². The normalized spacial score (nSPS) is 10.2. The fourth-order valence-electron chi connectivity index (χ4n) is 1.02. The van der Waals surface area contributed by atoms with Gasteiger partial charge in [-0.2, -0.15) is 0 Å². The van der Waals surface area contributed by atoms with E-state index in [9.17, 15) is 9.18 Å². The Morgan fingerprint density at radius 1 is 1.62 bits per heavy atom. The molecule has 0 radical (unpaired) electrons. The quantitative estimate of drug-likeness (QED) is 0.391. The molecule has 0 fully saturated rings. The van der Waals surface area contributed by atoms with Gasteiger partial charge >= 0.3 is 5.97 Å². The summed E-state index contributed by atoms with van der Waals surface area (Å²) in [5, 5.41) is 0. The van der Waals surface area contributed by atoms with E-state index in [1.165, 1.54) is 24.9 Å². The van der Waals surface area contributed by atoms with Crippen molar-refractivity contribution in [2.75, 3.05) is 18.6 Å². The van der Waals surface area contributed by atoms with Crippen molar-refractivity contribution in [2.24, 2.45) is 0 Å². The number of carbonyl (C=O) groups excluding carboxylic acids is 1. The molecule has 0 spiro atoms. The highest BCUT2D eigenvalue weighted by Crippen LogP contribution is 2.28. The maximum atomic E-state index is 13.2. The van der Waals surface area contributed by atoms with Gasteiger partial charge in [0.15, 0.2) is 0 Å². The van der Waals surface area contributed by atoms with Crippen LogP contribution in [0.25, 0.3) is 0 Å². The summed E-state index contributed by atoms with van der Waals surface area (Å²) in [6.45, 7) is 0. The SMILES string of the molecule is COC(=O)CCSc1cc(F)c(I)cc1N. The fourth-order valence-corrected chi connectivity index (χ4v) is 2.41. The molecule has 0 aliphatic heterocycles. The lowest BCUT2D eigenvalue weighted by Crippen LogP contribution is -2.01. The fraction of sp³-hybridized carbons (Fsp3) is 0.300. The lowest BCUT2D eigenvalue weighted by Gasteiger charge is -2.06. The first-order chi connectivity index (χ1) is 7.54. The van der Waals surface area contributed by atoms with Crippen molar-refractivity contribution in [3.05, 3.63) is 21.5 Å². The van der Waals surface area contributed by atoms with Crippen molar-refractivity contribution in [1.82, 2.24) is 0 Å². The Balaban J connectivity index is 2.60. The molecule has 0 bridgehead atoms. The van der Waals surface area contributed by atoms with Crippen LogP contribution in [0.3, 0.4) is 0 Å². The van der Waals surface area contributed by atoms with Gasteiger partial charge in [0.25, 0.3) is 0 Å². The van der Waals surface area contributed by atoms with Crippen LogP contribution >= 0.6 is 34.4 Å². The Morgan fingerprint density at radius 3 is 2.94 bits per heavy atom. The minimum Gasteiger partial charge on any atom is -0.469 e. The number of nitrogens with two attached hydrogens (primary N) is 1. The van der Waals surface area contributed by atoms with Gasteiger partial charge in [0, 0.05) is 16.3 Å². The summed E-state index contributed by atoms with van der Waals surface area (Å²) < 4.78 is 18.2. The molecule has 0 amide bonds. The van der Waals surface area contributed by atoms with Crippen LogP contribution in [-0.4, -0.2) is 18.8 Å². The third-order valence-electron chi connectivity index (χ3n) is 1.84. The topological polar surface area (TPSA) is 52.3 Å². The molecule has 0 atom stereocenters. The highest BCUT2D eigenvalue weighted by molar-refractivity contribution is 14.1. The number of nitrogen functional groups attached to an aromatic ring is 1. The zero-order valence-corrected chi connectivity index (χ0v) is 11.6. The lowest BCUT2D eigenvalue weighted by atomic mass is 10.3. The van der Waals surface area contributed by atoms with Gasteiger partial charge in [-0.1, -0.05) is 0 Å². The van der Waals surface area contributed by atoms with Crippen LogP contribution in [0.1, 0.15) is 6.42 Å². The van der Waals surface area contributed by atoms with E-state index in [-0.39, 0.29) is 18.2 Å². The first-order valence-corrected chi connectivity index (χ1v) is 6.55. The highest BCUT2D eigenvalue weighted by atomic mass is 127. The van der Waals surface area contributed by atoms with Gasteiger partial charge in [-0.3, -0.25) is 4.79 Å². The van der Waals surface area contributed by atoms with E-state index in [1.54, 1.807) is 6.07 Å². The molecule has 16 heavy (non-hydrogen) atoms. The van der Waals surface area contributed by atoms with E-state index in [0.29, 0.717) is 19.9 Å². The van der Waals surface area contributed by atoms with Gasteiger partial charge < -0.3 is 10.5 Å². The number of thioether (sulfide) groups is 1. The molecule has 1 rings (SSSR count). The molecule has 88 valence electrons. The van der Waals surface area contributed by atoms with Crippen molar-refractivity contribution < 1.29 is 13.9 Å². The second-order valence-corrected chi connectivity index (χ2v) is 5.28. The second-order valence-electron chi connectivity index (χ2n) is 2.98. The molecular formula is C10H11FINO2S. The summed E-state index contributed by atoms with van der Waals surface area (Å²) in [6.07, 6.45) is 0.286. The monoisotopic (exact) mass is 355 g/mol. The van der Waals surface area contributed by atoms with E-state index in [1.807, 2.05) is 22.6 Å². The first kappa shape index (κ1) is 13.6. The van der Waals surface area contributed by atoms with E-state index >= 15 is 0 Å². The predicted molar refractivity (Wildman–Crippen MR) is 70.9 cm³/mol. The molecule has 3 nitrogen and oxygen atoms in total. The number of anilines is 1. The standard InChI is InChI=1S/C10H11FINO2S/c1-15-10(14)2-3-16-9-4-6(11)7(12)5-8(9)13/h4-5H,2-3,13H2,1H3. The molecule has 2 N–H and O–H groups in total. The van der Waals surface area contributed by atoms with Crippen molar-refractivity contribution >= 4 is 46.0 Å². The van der Waals surface area contributed by atoms with E-state index in [2.05, 4.69) is 4.74 Å². The molecule has 0 unspecified atom stereocenters. The second kappa shape index (κ2) is 6.29. The van der Waals surface area contributed by atoms with Gasteiger partial charge in [0.2, 0.25) is 0 Å². The summed E-state index contributed by atoms with van der Waals surface area (Å²) in [7, 11) is 1.34. The van der Waals surface area contributed by atoms with E-state index in [0.717, 1.165) is 0 Å². The number of rotatable bonds is 4. The van der Waals surface area contributed by atoms with Gasteiger partial charge in [0.05, 0.1) is 17.1 Å². The number of carbonyl (C=O) groups is 1. The van der Waals surface area contributed by atoms with Crippen LogP contribution in [0.5, 0.6) is 0 Å². The van der Waals surface area contributed by atoms with E-state index < -0.39 is 0 Å². The van der Waals surface area contributed by atoms with Crippen LogP contribution in [0, 0.1) is 9.39 Å². The largest absolute Gasteiger partial charge is 0.469 e. The van der Waals surface area contributed by atoms with Crippen molar-refractivity contribution in [1.29, 1.82) is 0 Å². The van der Waals surface area contributed by atoms with Crippen LogP contribution in [0.15, 0.2) is 17.0 Å². The molecule has 0 aliphatic rings. The average molecular weight is 355 g/mol. The van der Waals surface area contributed by atoms with Gasteiger partial charge in [-0.15, -0.1) is 11.8 Å². The Bertz CT molecular complexity index is 401. The maximum absolute atomic E-state index is 13.2. The lowest BCUT2D eigenvalue weighted by molar-refractivity contribution is -0.140. The summed E-state index contributed by atoms with van der Waals surface area (Å²) in [6, 6.07) is 2.97. The summed E-state index contributed by atoms with van der Waals surface area (Å²) in [5.41, 5.74) is 6.26. The minimum atomic E-state index is -0.296. The average Bonchev–Trinajstić information content (AvgIpc) is 2.25. The third kappa shape index (κ3) is 3.82. The number of hydrogen-bond donors (Lipinski definition) is 1. The number of hydrogen-bond acceptors (Lipinski definition) is 4. The number of ether oxygens (including phenoxy) is 1. The molecule has 0 saturated heterocycles. The van der Waals surface area contributed by atoms with Crippen LogP contribution in [-0.2, 0) is 9.53 Å². The maximum Gasteiger partial charge on any atom is 0.306 e. The molecule has 0 aromatic heterocycles. The Kier molecular flexibility index (Phi) is 5.33. The number of methoxy groups -OCH3 is 1. The molecule has 6 heteroatoms. The van der Waals surface area contributed by atoms with Crippen LogP contribution in [0.2, 0.25) is 0 Å². The van der Waals surface area contributed by atoms with Crippen molar-refractivity contribution in [3.8, 4) is 0 Å². The smallest absolute Gasteiger partial charge is 0.306 e. The molecule has 0 aliphatic carbocycles. The molecule has 1 aromatic rings. The number of esters is 1. The summed E-state index contributed by atoms with van der Waals surface area (Å²) in [4.78, 5) is 11.5. The third-order valence-corrected chi connectivity index (χ3v) is 3.74.